The maximum atomic E-state index is 12.7. The van der Waals surface area contributed by atoms with E-state index >= 15 is 0 Å². The topological polar surface area (TPSA) is 76.7 Å². The van der Waals surface area contributed by atoms with Crippen molar-refractivity contribution < 1.29 is 19.1 Å². The van der Waals surface area contributed by atoms with E-state index in [1.54, 1.807) is 54.6 Å². The zero-order valence-electron chi connectivity index (χ0n) is 15.6. The van der Waals surface area contributed by atoms with Gasteiger partial charge in [0.05, 0.1) is 12.7 Å². The Bertz CT molecular complexity index is 1010. The van der Waals surface area contributed by atoms with E-state index in [9.17, 15) is 9.59 Å². The van der Waals surface area contributed by atoms with Gasteiger partial charge in [0.2, 0.25) is 0 Å². The Kier molecular flexibility index (Phi) is 6.71. The minimum absolute atomic E-state index is 0.248. The smallest absolute Gasteiger partial charge is 0.411 e. The van der Waals surface area contributed by atoms with Crippen molar-refractivity contribution in [2.24, 2.45) is 0 Å². The average Bonchev–Trinajstić information content (AvgIpc) is 2.74. The number of benzene rings is 3. The molecule has 0 aliphatic heterocycles. The molecule has 7 heteroatoms. The predicted octanol–water partition coefficient (Wildman–Crippen LogP) is 5.35. The molecule has 0 spiro atoms. The maximum absolute atomic E-state index is 12.7. The fraction of sp³-hybridized carbons (Fsp3) is 0.0909. The molecule has 3 aromatic carbocycles. The average molecular weight is 411 g/mol. The van der Waals surface area contributed by atoms with Crippen LogP contribution in [0, 0.1) is 0 Å². The van der Waals surface area contributed by atoms with Crippen LogP contribution in [0.4, 0.5) is 16.2 Å². The third-order valence-electron chi connectivity index (χ3n) is 4.05. The number of nitrogens with one attached hydrogen (secondary N) is 2. The SMILES string of the molecule is COC(=O)Nc1ccc(NC(=O)c2ccccc2OCc2ccccc2Cl)cc1. The molecule has 0 bridgehead atoms. The number of rotatable bonds is 6. The molecule has 148 valence electrons. The molecule has 0 saturated carbocycles. The highest BCUT2D eigenvalue weighted by atomic mass is 35.5. The lowest BCUT2D eigenvalue weighted by Gasteiger charge is -2.13. The number of para-hydroxylation sites is 1. The summed E-state index contributed by atoms with van der Waals surface area (Å²) in [6, 6.07) is 21.0. The molecule has 3 aromatic rings. The molecule has 29 heavy (non-hydrogen) atoms. The minimum atomic E-state index is -0.564. The van der Waals surface area contributed by atoms with Crippen LogP contribution in [0.1, 0.15) is 15.9 Å². The zero-order valence-corrected chi connectivity index (χ0v) is 16.4. The molecule has 2 N–H and O–H groups in total. The lowest BCUT2D eigenvalue weighted by Crippen LogP contribution is -2.14. The lowest BCUT2D eigenvalue weighted by molar-refractivity contribution is 0.102. The highest BCUT2D eigenvalue weighted by Crippen LogP contribution is 2.23. The van der Waals surface area contributed by atoms with E-state index in [1.807, 2.05) is 18.2 Å². The molecule has 0 aliphatic rings. The highest BCUT2D eigenvalue weighted by Gasteiger charge is 2.13. The van der Waals surface area contributed by atoms with Gasteiger partial charge in [0.25, 0.3) is 5.91 Å². The van der Waals surface area contributed by atoms with E-state index in [0.717, 1.165) is 5.56 Å². The summed E-state index contributed by atoms with van der Waals surface area (Å²) in [5, 5.41) is 5.97. The Labute approximate surface area is 173 Å². The molecule has 0 radical (unpaired) electrons. The number of anilines is 2. The number of carbonyl (C=O) groups is 2. The number of amides is 2. The Balaban J connectivity index is 1.68. The highest BCUT2D eigenvalue weighted by molar-refractivity contribution is 6.31. The summed E-state index contributed by atoms with van der Waals surface area (Å²) in [5.74, 6) is 0.141. The van der Waals surface area contributed by atoms with Crippen LogP contribution in [0.2, 0.25) is 5.02 Å². The maximum Gasteiger partial charge on any atom is 0.411 e. The predicted molar refractivity (Wildman–Crippen MR) is 113 cm³/mol. The van der Waals surface area contributed by atoms with Crippen molar-refractivity contribution in [3.05, 3.63) is 88.9 Å². The number of hydrogen-bond donors (Lipinski definition) is 2. The van der Waals surface area contributed by atoms with Gasteiger partial charge >= 0.3 is 6.09 Å². The Hall–Kier alpha value is -3.51. The van der Waals surface area contributed by atoms with E-state index in [1.165, 1.54) is 7.11 Å². The third-order valence-corrected chi connectivity index (χ3v) is 4.42. The van der Waals surface area contributed by atoms with Crippen molar-refractivity contribution in [2.45, 2.75) is 6.61 Å². The van der Waals surface area contributed by atoms with Crippen LogP contribution in [0.25, 0.3) is 0 Å². The van der Waals surface area contributed by atoms with Crippen LogP contribution in [-0.2, 0) is 11.3 Å². The van der Waals surface area contributed by atoms with Gasteiger partial charge in [0.1, 0.15) is 12.4 Å². The first-order valence-corrected chi connectivity index (χ1v) is 9.16. The van der Waals surface area contributed by atoms with Crippen molar-refractivity contribution >= 4 is 35.0 Å². The summed E-state index contributed by atoms with van der Waals surface area (Å²) >= 11 is 6.16. The second-order valence-electron chi connectivity index (χ2n) is 6.02. The van der Waals surface area contributed by atoms with Crippen molar-refractivity contribution in [1.29, 1.82) is 0 Å². The second kappa shape index (κ2) is 9.61. The molecule has 0 saturated heterocycles. The normalized spacial score (nSPS) is 10.1. The van der Waals surface area contributed by atoms with Crippen molar-refractivity contribution in [3.63, 3.8) is 0 Å². The monoisotopic (exact) mass is 410 g/mol. The second-order valence-corrected chi connectivity index (χ2v) is 6.43. The molecule has 3 rings (SSSR count). The molecule has 0 aliphatic carbocycles. The van der Waals surface area contributed by atoms with E-state index in [0.29, 0.717) is 27.7 Å². The molecule has 6 nitrogen and oxygen atoms in total. The van der Waals surface area contributed by atoms with Crippen molar-refractivity contribution in [2.75, 3.05) is 17.7 Å². The van der Waals surface area contributed by atoms with Gasteiger partial charge in [-0.1, -0.05) is 41.9 Å². The number of hydrogen-bond acceptors (Lipinski definition) is 4. The van der Waals surface area contributed by atoms with Gasteiger partial charge in [-0.25, -0.2) is 4.79 Å². The van der Waals surface area contributed by atoms with Gasteiger partial charge in [-0.3, -0.25) is 10.1 Å². The summed E-state index contributed by atoms with van der Waals surface area (Å²) in [4.78, 5) is 23.9. The molecule has 0 fully saturated rings. The number of halogens is 1. The summed E-state index contributed by atoms with van der Waals surface area (Å²) in [5.41, 5.74) is 2.36. The van der Waals surface area contributed by atoms with Crippen LogP contribution < -0.4 is 15.4 Å². The quantitative estimate of drug-likeness (QED) is 0.574. The number of carbonyl (C=O) groups excluding carboxylic acids is 2. The standard InChI is InChI=1S/C22H19ClN2O4/c1-28-22(27)25-17-12-10-16(11-13-17)24-21(26)18-7-3-5-9-20(18)29-14-15-6-2-4-8-19(15)23/h2-13H,14H2,1H3,(H,24,26)(H,25,27). The first-order chi connectivity index (χ1) is 14.1. The van der Waals surface area contributed by atoms with Crippen LogP contribution in [0.5, 0.6) is 5.75 Å². The van der Waals surface area contributed by atoms with Crippen LogP contribution in [0.15, 0.2) is 72.8 Å². The molecule has 0 atom stereocenters. The van der Waals surface area contributed by atoms with E-state index in [4.69, 9.17) is 16.3 Å². The Morgan fingerprint density at radius 1 is 0.862 bits per heavy atom. The van der Waals surface area contributed by atoms with Gasteiger partial charge in [0.15, 0.2) is 0 Å². The Morgan fingerprint density at radius 3 is 2.17 bits per heavy atom. The summed E-state index contributed by atoms with van der Waals surface area (Å²) in [7, 11) is 1.29. The Morgan fingerprint density at radius 2 is 1.48 bits per heavy atom. The largest absolute Gasteiger partial charge is 0.488 e. The molecular weight excluding hydrogens is 392 g/mol. The fourth-order valence-corrected chi connectivity index (χ4v) is 2.75. The van der Waals surface area contributed by atoms with Crippen LogP contribution in [0.3, 0.4) is 0 Å². The summed E-state index contributed by atoms with van der Waals surface area (Å²) in [6.07, 6.45) is -0.564. The molecule has 0 heterocycles. The third kappa shape index (κ3) is 5.49. The van der Waals surface area contributed by atoms with Crippen molar-refractivity contribution in [1.82, 2.24) is 0 Å². The molecule has 2 amide bonds. The van der Waals surface area contributed by atoms with Gasteiger partial charge in [-0.05, 0) is 42.5 Å². The first-order valence-electron chi connectivity index (χ1n) is 8.78. The van der Waals surface area contributed by atoms with E-state index in [-0.39, 0.29) is 12.5 Å². The lowest BCUT2D eigenvalue weighted by atomic mass is 10.1. The van der Waals surface area contributed by atoms with Gasteiger partial charge < -0.3 is 14.8 Å². The van der Waals surface area contributed by atoms with Crippen molar-refractivity contribution in [3.8, 4) is 5.75 Å². The first kappa shape index (κ1) is 20.2. The van der Waals surface area contributed by atoms with E-state index < -0.39 is 6.09 Å². The fourth-order valence-electron chi connectivity index (χ4n) is 2.56. The zero-order chi connectivity index (χ0) is 20.6. The number of ether oxygens (including phenoxy) is 2. The van der Waals surface area contributed by atoms with Gasteiger partial charge in [-0.2, -0.15) is 0 Å². The van der Waals surface area contributed by atoms with E-state index in [2.05, 4.69) is 15.4 Å². The van der Waals surface area contributed by atoms with Crippen LogP contribution >= 0.6 is 11.6 Å². The summed E-state index contributed by atoms with van der Waals surface area (Å²) < 4.78 is 10.4. The minimum Gasteiger partial charge on any atom is -0.488 e. The molecule has 0 aromatic heterocycles. The number of methoxy groups -OCH3 is 1. The van der Waals surface area contributed by atoms with Gasteiger partial charge in [-0.15, -0.1) is 0 Å². The molecular formula is C22H19ClN2O4. The molecule has 0 unspecified atom stereocenters. The van der Waals surface area contributed by atoms with Gasteiger partial charge in [0, 0.05) is 22.0 Å². The van der Waals surface area contributed by atoms with Crippen LogP contribution in [-0.4, -0.2) is 19.1 Å². The summed E-state index contributed by atoms with van der Waals surface area (Å²) in [6.45, 7) is 0.248.